The van der Waals surface area contributed by atoms with Crippen LogP contribution < -0.4 is 10.1 Å². The number of anilines is 1. The van der Waals surface area contributed by atoms with Gasteiger partial charge in [0.1, 0.15) is 5.75 Å². The summed E-state index contributed by atoms with van der Waals surface area (Å²) in [6, 6.07) is 12.5. The number of carbonyl (C=O) groups is 2. The van der Waals surface area contributed by atoms with Crippen LogP contribution in [-0.4, -0.2) is 25.1 Å². The molecule has 0 bridgehead atoms. The molecule has 0 saturated carbocycles. The maximum Gasteiger partial charge on any atom is 0.387 e. The first-order valence-corrected chi connectivity index (χ1v) is 7.76. The van der Waals surface area contributed by atoms with Crippen molar-refractivity contribution in [3.8, 4) is 5.75 Å². The van der Waals surface area contributed by atoms with E-state index >= 15 is 0 Å². The van der Waals surface area contributed by atoms with Crippen molar-refractivity contribution in [3.63, 3.8) is 0 Å². The van der Waals surface area contributed by atoms with Gasteiger partial charge in [-0.1, -0.05) is 41.9 Å². The monoisotopic (exact) mass is 381 g/mol. The van der Waals surface area contributed by atoms with E-state index in [-0.39, 0.29) is 11.4 Å². The summed E-state index contributed by atoms with van der Waals surface area (Å²) in [5.74, 6) is -1.65. The molecule has 0 unspecified atom stereocenters. The summed E-state index contributed by atoms with van der Waals surface area (Å²) in [6.45, 7) is -3.62. The standard InChI is InChI=1S/C18H14ClF2NO4/c19-13-6-2-1-5-12(13)9-10-17(24)25-11-16(23)22-14-7-3-4-8-15(14)26-18(20)21/h1-10,18H,11H2,(H,22,23)/b10-9+. The van der Waals surface area contributed by atoms with E-state index in [1.54, 1.807) is 24.3 Å². The Morgan fingerprint density at radius 3 is 2.54 bits per heavy atom. The zero-order chi connectivity index (χ0) is 18.9. The Bertz CT molecular complexity index is 811. The highest BCUT2D eigenvalue weighted by Crippen LogP contribution is 2.25. The smallest absolute Gasteiger partial charge is 0.387 e. The molecule has 8 heteroatoms. The second-order valence-corrected chi connectivity index (χ2v) is 5.29. The van der Waals surface area contributed by atoms with Gasteiger partial charge >= 0.3 is 12.6 Å². The van der Waals surface area contributed by atoms with Gasteiger partial charge in [-0.15, -0.1) is 0 Å². The van der Waals surface area contributed by atoms with E-state index in [1.165, 1.54) is 30.3 Å². The van der Waals surface area contributed by atoms with Crippen LogP contribution in [0.1, 0.15) is 5.56 Å². The number of hydrogen-bond donors (Lipinski definition) is 1. The summed E-state index contributed by atoms with van der Waals surface area (Å²) in [5.41, 5.74) is 0.661. The molecule has 1 N–H and O–H groups in total. The van der Waals surface area contributed by atoms with Gasteiger partial charge in [-0.05, 0) is 29.8 Å². The molecule has 0 saturated heterocycles. The molecule has 0 heterocycles. The van der Waals surface area contributed by atoms with Crippen LogP contribution in [0.2, 0.25) is 5.02 Å². The van der Waals surface area contributed by atoms with E-state index in [1.807, 2.05) is 0 Å². The lowest BCUT2D eigenvalue weighted by molar-refractivity contribution is -0.142. The van der Waals surface area contributed by atoms with Crippen LogP contribution >= 0.6 is 11.6 Å². The summed E-state index contributed by atoms with van der Waals surface area (Å²) in [4.78, 5) is 23.4. The van der Waals surface area contributed by atoms with Crippen molar-refractivity contribution >= 4 is 35.2 Å². The number of nitrogens with one attached hydrogen (secondary N) is 1. The molecule has 0 aromatic heterocycles. The van der Waals surface area contributed by atoms with E-state index in [0.717, 1.165) is 6.08 Å². The minimum absolute atomic E-state index is 0.0421. The maximum atomic E-state index is 12.3. The molecule has 2 aromatic rings. The zero-order valence-corrected chi connectivity index (χ0v) is 14.1. The average Bonchev–Trinajstić information content (AvgIpc) is 2.60. The van der Waals surface area contributed by atoms with Gasteiger partial charge in [0.25, 0.3) is 5.91 Å². The number of halogens is 3. The van der Waals surface area contributed by atoms with Crippen molar-refractivity contribution in [1.82, 2.24) is 0 Å². The number of esters is 1. The van der Waals surface area contributed by atoms with Crippen molar-refractivity contribution in [3.05, 3.63) is 65.2 Å². The van der Waals surface area contributed by atoms with Gasteiger partial charge in [0.2, 0.25) is 0 Å². The van der Waals surface area contributed by atoms with E-state index in [0.29, 0.717) is 10.6 Å². The van der Waals surface area contributed by atoms with E-state index in [9.17, 15) is 18.4 Å². The molecule has 0 aliphatic heterocycles. The Kier molecular flexibility index (Phi) is 7.11. The number of amides is 1. The summed E-state index contributed by atoms with van der Waals surface area (Å²) < 4.78 is 33.7. The fraction of sp³-hybridized carbons (Fsp3) is 0.111. The minimum Gasteiger partial charge on any atom is -0.452 e. The number of benzene rings is 2. The van der Waals surface area contributed by atoms with Gasteiger partial charge in [-0.3, -0.25) is 4.79 Å². The van der Waals surface area contributed by atoms with Gasteiger partial charge in [0.15, 0.2) is 6.61 Å². The maximum absolute atomic E-state index is 12.3. The number of hydrogen-bond acceptors (Lipinski definition) is 4. The van der Waals surface area contributed by atoms with Crippen molar-refractivity contribution in [2.75, 3.05) is 11.9 Å². The van der Waals surface area contributed by atoms with Crippen LogP contribution in [0.25, 0.3) is 6.08 Å². The van der Waals surface area contributed by atoms with Gasteiger partial charge in [-0.2, -0.15) is 8.78 Å². The van der Waals surface area contributed by atoms with Gasteiger partial charge < -0.3 is 14.8 Å². The Hall–Kier alpha value is -2.93. The SMILES string of the molecule is O=C(COC(=O)/C=C/c1ccccc1Cl)Nc1ccccc1OC(F)F. The number of para-hydroxylation sites is 2. The molecule has 0 fully saturated rings. The van der Waals surface area contributed by atoms with E-state index in [2.05, 4.69) is 10.1 Å². The number of alkyl halides is 2. The van der Waals surface area contributed by atoms with E-state index < -0.39 is 25.1 Å². The summed E-state index contributed by atoms with van der Waals surface area (Å²) >= 11 is 5.94. The molecule has 0 spiro atoms. The fourth-order valence-corrected chi connectivity index (χ4v) is 2.11. The highest BCUT2D eigenvalue weighted by Gasteiger charge is 2.12. The number of carbonyl (C=O) groups excluding carboxylic acids is 2. The molecule has 26 heavy (non-hydrogen) atoms. The first-order chi connectivity index (χ1) is 12.5. The van der Waals surface area contributed by atoms with Gasteiger partial charge in [-0.25, -0.2) is 4.79 Å². The van der Waals surface area contributed by atoms with Crippen LogP contribution in [0, 0.1) is 0 Å². The minimum atomic E-state index is -3.03. The molecular formula is C18H14ClF2NO4. The molecule has 5 nitrogen and oxygen atoms in total. The third-order valence-electron chi connectivity index (χ3n) is 3.03. The topological polar surface area (TPSA) is 64.6 Å². The predicted octanol–water partition coefficient (Wildman–Crippen LogP) is 4.14. The summed E-state index contributed by atoms with van der Waals surface area (Å²) in [5, 5.41) is 2.80. The normalized spacial score (nSPS) is 10.8. The van der Waals surface area contributed by atoms with Crippen LogP contribution in [0.4, 0.5) is 14.5 Å². The lowest BCUT2D eigenvalue weighted by Gasteiger charge is -2.11. The summed E-state index contributed by atoms with van der Waals surface area (Å²) in [7, 11) is 0. The van der Waals surface area contributed by atoms with Crippen molar-refractivity contribution < 1.29 is 27.8 Å². The van der Waals surface area contributed by atoms with Crippen LogP contribution in [0.5, 0.6) is 5.75 Å². The first kappa shape index (κ1) is 19.4. The van der Waals surface area contributed by atoms with Crippen LogP contribution in [0.15, 0.2) is 54.6 Å². The summed E-state index contributed by atoms with van der Waals surface area (Å²) in [6.07, 6.45) is 2.58. The Labute approximate surface area is 153 Å². The lowest BCUT2D eigenvalue weighted by atomic mass is 10.2. The molecule has 0 atom stereocenters. The van der Waals surface area contributed by atoms with Crippen molar-refractivity contribution in [2.24, 2.45) is 0 Å². The average molecular weight is 382 g/mol. The number of ether oxygens (including phenoxy) is 2. The highest BCUT2D eigenvalue weighted by molar-refractivity contribution is 6.32. The first-order valence-electron chi connectivity index (χ1n) is 7.39. The zero-order valence-electron chi connectivity index (χ0n) is 13.3. The molecule has 2 rings (SSSR count). The predicted molar refractivity (Wildman–Crippen MR) is 93.1 cm³/mol. The lowest BCUT2D eigenvalue weighted by Crippen LogP contribution is -2.20. The fourth-order valence-electron chi connectivity index (χ4n) is 1.91. The molecular weight excluding hydrogens is 368 g/mol. The van der Waals surface area contributed by atoms with Crippen LogP contribution in [-0.2, 0) is 14.3 Å². The van der Waals surface area contributed by atoms with Gasteiger partial charge in [0, 0.05) is 11.1 Å². The molecule has 2 aromatic carbocycles. The van der Waals surface area contributed by atoms with E-state index in [4.69, 9.17) is 16.3 Å². The molecule has 0 radical (unpaired) electrons. The Balaban J connectivity index is 1.87. The Morgan fingerprint density at radius 2 is 1.81 bits per heavy atom. The number of rotatable bonds is 7. The molecule has 136 valence electrons. The quantitative estimate of drug-likeness (QED) is 0.578. The third-order valence-corrected chi connectivity index (χ3v) is 3.37. The van der Waals surface area contributed by atoms with Gasteiger partial charge in [0.05, 0.1) is 5.69 Å². The van der Waals surface area contributed by atoms with Crippen molar-refractivity contribution in [1.29, 1.82) is 0 Å². The largest absolute Gasteiger partial charge is 0.452 e. The highest BCUT2D eigenvalue weighted by atomic mass is 35.5. The molecule has 1 amide bonds. The van der Waals surface area contributed by atoms with Crippen LogP contribution in [0.3, 0.4) is 0 Å². The van der Waals surface area contributed by atoms with Crippen molar-refractivity contribution in [2.45, 2.75) is 6.61 Å². The Morgan fingerprint density at radius 1 is 1.12 bits per heavy atom. The second kappa shape index (κ2) is 9.53. The second-order valence-electron chi connectivity index (χ2n) is 4.89. The molecule has 0 aliphatic rings. The third kappa shape index (κ3) is 6.18. The molecule has 0 aliphatic carbocycles.